The first-order valence-electron chi connectivity index (χ1n) is 23.6. The van der Waals surface area contributed by atoms with E-state index >= 15 is 0 Å². The lowest BCUT2D eigenvalue weighted by Gasteiger charge is -2.62. The molecule has 0 bridgehead atoms. The molecule has 20 nitrogen and oxygen atoms in total. The fourth-order valence-corrected chi connectivity index (χ4v) is 13.9. The molecule has 4 heterocycles. The van der Waals surface area contributed by atoms with Crippen molar-refractivity contribution in [1.82, 2.24) is 0 Å². The average molecular weight is 935 g/mol. The van der Waals surface area contributed by atoms with Gasteiger partial charge in [-0.3, -0.25) is 0 Å². The van der Waals surface area contributed by atoms with Crippen molar-refractivity contribution in [3.05, 3.63) is 12.2 Å². The summed E-state index contributed by atoms with van der Waals surface area (Å²) in [6, 6.07) is 0. The van der Waals surface area contributed by atoms with Gasteiger partial charge in [-0.2, -0.15) is 0 Å². The second-order valence-corrected chi connectivity index (χ2v) is 21.1. The third kappa shape index (κ3) is 8.70. The van der Waals surface area contributed by atoms with Crippen LogP contribution in [0, 0.1) is 46.3 Å². The van der Waals surface area contributed by atoms with Crippen molar-refractivity contribution in [3.63, 3.8) is 0 Å². The van der Waals surface area contributed by atoms with Crippen LogP contribution in [0.5, 0.6) is 0 Å². The third-order valence-corrected chi connectivity index (χ3v) is 17.8. The second kappa shape index (κ2) is 19.3. The van der Waals surface area contributed by atoms with Crippen LogP contribution in [-0.4, -0.2) is 209 Å². The Hall–Kier alpha value is -1.06. The maximum atomic E-state index is 12.3. The van der Waals surface area contributed by atoms with Crippen molar-refractivity contribution < 1.29 is 99.5 Å². The first-order valence-corrected chi connectivity index (χ1v) is 23.6. The Labute approximate surface area is 378 Å². The normalized spacial score (nSPS) is 55.5. The Balaban J connectivity index is 0.887. The number of aliphatic hydroxyl groups is 13. The summed E-state index contributed by atoms with van der Waals surface area (Å²) in [4.78, 5) is 0. The average Bonchev–Trinajstić information content (AvgIpc) is 3.73. The van der Waals surface area contributed by atoms with Gasteiger partial charge in [0.1, 0.15) is 73.2 Å². The maximum absolute atomic E-state index is 12.3. The molecule has 13 N–H and O–H groups in total. The molecule has 27 atom stereocenters. The minimum atomic E-state index is -1.78. The van der Waals surface area contributed by atoms with E-state index in [9.17, 15) is 66.4 Å². The summed E-state index contributed by atoms with van der Waals surface area (Å²) < 4.78 is 41.6. The Morgan fingerprint density at radius 3 is 1.88 bits per heavy atom. The predicted octanol–water partition coefficient (Wildman–Crippen LogP) is -2.89. The van der Waals surface area contributed by atoms with Gasteiger partial charge in [-0.15, -0.1) is 0 Å². The summed E-state index contributed by atoms with van der Waals surface area (Å²) in [5.41, 5.74) is -0.0705. The maximum Gasteiger partial charge on any atom is 0.187 e. The zero-order valence-electron chi connectivity index (χ0n) is 37.4. The van der Waals surface area contributed by atoms with Gasteiger partial charge in [0.15, 0.2) is 24.7 Å². The number of hydrogen-bond acceptors (Lipinski definition) is 20. The van der Waals surface area contributed by atoms with Crippen LogP contribution in [0.2, 0.25) is 0 Å². The molecule has 8 rings (SSSR count). The van der Waals surface area contributed by atoms with Gasteiger partial charge >= 0.3 is 0 Å². The molecule has 4 aliphatic carbocycles. The van der Waals surface area contributed by atoms with E-state index in [0.717, 1.165) is 19.3 Å². The lowest BCUT2D eigenvalue weighted by atomic mass is 9.43. The van der Waals surface area contributed by atoms with Crippen molar-refractivity contribution >= 4 is 0 Å². The van der Waals surface area contributed by atoms with E-state index in [1.54, 1.807) is 0 Å². The molecule has 0 aromatic rings. The standard InChI is InChI=1S/C45H74O20/c1-18(17-59-40-37(56)34(53)31(50)26(14-46)61-40)7-10-45(58)19(2)30-25(65-45)12-24-22-6-5-20-11-21(8-9-43(20,3)23(22)13-29(49)44(24,30)4)60-42-39(36(55)33(52)28(16-48)63-42)64-41-38(57)35(54)32(51)27(15-47)62-41/h19-42,46-58H,1,5-17H2,2-4H3/t19-,20+,21-,22+,23-,24-,25-,26+,27+,28+,29+,30-,31+,32+,33-,34-,35-,36-,37+,38+,39+,40+,41-,42+,43-,44+,45-/m0/s1. The molecule has 374 valence electrons. The number of fused-ring (bicyclic) bond motifs is 7. The number of ether oxygens (including phenoxy) is 7. The summed E-state index contributed by atoms with van der Waals surface area (Å²) in [7, 11) is 0. The first kappa shape index (κ1) is 50.3. The molecule has 8 fully saturated rings. The predicted molar refractivity (Wildman–Crippen MR) is 220 cm³/mol. The highest BCUT2D eigenvalue weighted by atomic mass is 16.8. The van der Waals surface area contributed by atoms with Gasteiger partial charge in [-0.05, 0) is 80.5 Å². The topological polar surface area (TPSA) is 328 Å². The van der Waals surface area contributed by atoms with Gasteiger partial charge < -0.3 is 99.5 Å². The summed E-state index contributed by atoms with van der Waals surface area (Å²) in [6.07, 6.45) is -18.0. The monoisotopic (exact) mass is 934 g/mol. The minimum Gasteiger partial charge on any atom is -0.394 e. The quantitative estimate of drug-likeness (QED) is 0.0651. The Morgan fingerprint density at radius 2 is 1.25 bits per heavy atom. The molecule has 0 unspecified atom stereocenters. The molecule has 4 saturated heterocycles. The lowest BCUT2D eigenvalue weighted by molar-refractivity contribution is -0.373. The SMILES string of the molecule is C=C(CC[C@]1(O)O[C@H]2C[C@H]3[C@@H]4CC[C@@H]5C[C@@H](O[C@@H]6O[C@H](CO)[C@H](O)[C@H](O)[C@H]6O[C@@H]6O[C@H](CO)[C@@H](O)[C@H](O)[C@H]6O)CC[C@]5(C)[C@H]4C[C@@H](O)[C@]3(C)[C@H]2[C@@H]1C)CO[C@@H]1O[C@H](CO)[C@@H](O)[C@H](O)[C@H]1O. The Bertz CT molecular complexity index is 1640. The fraction of sp³-hybridized carbons (Fsp3) is 0.956. The lowest BCUT2D eigenvalue weighted by Crippen LogP contribution is -2.65. The molecular formula is C45H74O20. The summed E-state index contributed by atoms with van der Waals surface area (Å²) in [5, 5.41) is 137. The molecule has 8 aliphatic rings. The van der Waals surface area contributed by atoms with Gasteiger partial charge in [0.05, 0.1) is 44.7 Å². The van der Waals surface area contributed by atoms with Crippen LogP contribution >= 0.6 is 0 Å². The molecule has 0 amide bonds. The van der Waals surface area contributed by atoms with Gasteiger partial charge in [0.25, 0.3) is 0 Å². The van der Waals surface area contributed by atoms with Crippen molar-refractivity contribution in [3.8, 4) is 0 Å². The van der Waals surface area contributed by atoms with E-state index in [0.29, 0.717) is 43.6 Å². The van der Waals surface area contributed by atoms with Crippen molar-refractivity contribution in [2.75, 3.05) is 26.4 Å². The van der Waals surface area contributed by atoms with Crippen LogP contribution in [-0.2, 0) is 33.2 Å². The highest BCUT2D eigenvalue weighted by Crippen LogP contribution is 2.71. The molecule has 4 saturated carbocycles. The number of aliphatic hydroxyl groups excluding tert-OH is 12. The van der Waals surface area contributed by atoms with Crippen molar-refractivity contribution in [2.45, 2.75) is 195 Å². The highest BCUT2D eigenvalue weighted by molar-refractivity contribution is 5.18. The van der Waals surface area contributed by atoms with Crippen LogP contribution in [0.4, 0.5) is 0 Å². The summed E-state index contributed by atoms with van der Waals surface area (Å²) in [6.45, 7) is 8.57. The summed E-state index contributed by atoms with van der Waals surface area (Å²) in [5.74, 6) is -1.02. The van der Waals surface area contributed by atoms with Crippen molar-refractivity contribution in [1.29, 1.82) is 0 Å². The highest BCUT2D eigenvalue weighted by Gasteiger charge is 2.71. The molecule has 4 aliphatic heterocycles. The second-order valence-electron chi connectivity index (χ2n) is 21.1. The third-order valence-electron chi connectivity index (χ3n) is 17.8. The minimum absolute atomic E-state index is 0.0690. The van der Waals surface area contributed by atoms with Crippen LogP contribution in [0.25, 0.3) is 0 Å². The number of hydrogen-bond donors (Lipinski definition) is 13. The van der Waals surface area contributed by atoms with Crippen LogP contribution in [0.3, 0.4) is 0 Å². The molecule has 0 radical (unpaired) electrons. The molecule has 0 aromatic carbocycles. The summed E-state index contributed by atoms with van der Waals surface area (Å²) >= 11 is 0. The molecule has 0 aromatic heterocycles. The van der Waals surface area contributed by atoms with Crippen molar-refractivity contribution in [2.24, 2.45) is 46.3 Å². The van der Waals surface area contributed by atoms with E-state index in [4.69, 9.17) is 33.2 Å². The van der Waals surface area contributed by atoms with E-state index in [1.165, 1.54) is 0 Å². The molecule has 65 heavy (non-hydrogen) atoms. The van der Waals surface area contributed by atoms with Gasteiger partial charge in [-0.25, -0.2) is 0 Å². The molecule has 0 spiro atoms. The Kier molecular flexibility index (Phi) is 14.9. The van der Waals surface area contributed by atoms with Gasteiger partial charge in [0, 0.05) is 23.7 Å². The smallest absolute Gasteiger partial charge is 0.187 e. The van der Waals surface area contributed by atoms with E-state index in [-0.39, 0.29) is 60.2 Å². The first-order chi connectivity index (χ1) is 30.7. The van der Waals surface area contributed by atoms with E-state index < -0.39 is 129 Å². The van der Waals surface area contributed by atoms with Gasteiger partial charge in [-0.1, -0.05) is 32.9 Å². The van der Waals surface area contributed by atoms with Crippen LogP contribution in [0.15, 0.2) is 12.2 Å². The van der Waals surface area contributed by atoms with Gasteiger partial charge in [0.2, 0.25) is 0 Å². The van der Waals surface area contributed by atoms with E-state index in [2.05, 4.69) is 20.4 Å². The van der Waals surface area contributed by atoms with Crippen LogP contribution < -0.4 is 0 Å². The van der Waals surface area contributed by atoms with E-state index in [1.807, 2.05) is 6.92 Å². The zero-order valence-corrected chi connectivity index (χ0v) is 37.4. The van der Waals surface area contributed by atoms with Crippen LogP contribution in [0.1, 0.15) is 78.6 Å². The largest absolute Gasteiger partial charge is 0.394 e. The molecular weight excluding hydrogens is 860 g/mol. The Morgan fingerprint density at radius 1 is 0.662 bits per heavy atom. The fourth-order valence-electron chi connectivity index (χ4n) is 13.9. The zero-order chi connectivity index (χ0) is 47.1. The molecule has 20 heteroatoms. The number of rotatable bonds is 13.